The number of carbonyl (C=O) groups excluding carboxylic acids is 2. The van der Waals surface area contributed by atoms with Crippen molar-refractivity contribution in [2.75, 3.05) is 10.6 Å². The van der Waals surface area contributed by atoms with Gasteiger partial charge in [0.1, 0.15) is 5.82 Å². The molecule has 0 aliphatic heterocycles. The zero-order chi connectivity index (χ0) is 21.7. The largest absolute Gasteiger partial charge is 0.332 e. The van der Waals surface area contributed by atoms with Crippen LogP contribution in [0.1, 0.15) is 20.7 Å². The molecule has 3 aromatic carbocycles. The summed E-state index contributed by atoms with van der Waals surface area (Å²) in [6.45, 7) is 0. The van der Waals surface area contributed by atoms with Gasteiger partial charge in [0.2, 0.25) is 0 Å². The molecule has 0 bridgehead atoms. The highest BCUT2D eigenvalue weighted by atomic mass is 79.9. The van der Waals surface area contributed by atoms with E-state index in [-0.39, 0.29) is 16.0 Å². The van der Waals surface area contributed by atoms with E-state index in [9.17, 15) is 14.0 Å². The molecule has 0 saturated heterocycles. The molecule has 0 unspecified atom stereocenters. The lowest BCUT2D eigenvalue weighted by atomic mass is 10.2. The van der Waals surface area contributed by atoms with Crippen molar-refractivity contribution in [3.8, 4) is 0 Å². The Hall–Kier alpha value is -2.81. The van der Waals surface area contributed by atoms with Crippen LogP contribution in [-0.4, -0.2) is 16.9 Å². The predicted molar refractivity (Wildman–Crippen MR) is 124 cm³/mol. The highest BCUT2D eigenvalue weighted by molar-refractivity contribution is 9.10. The van der Waals surface area contributed by atoms with Crippen molar-refractivity contribution in [3.05, 3.63) is 93.2 Å². The Bertz CT molecular complexity index is 1130. The SMILES string of the molecule is O=C(NC(=S)Nc1cccc(C(=O)Nc2ccc(F)c(Cl)c2)c1)c1ccc(Br)cc1. The molecule has 3 rings (SSSR count). The van der Waals surface area contributed by atoms with Gasteiger partial charge in [0.25, 0.3) is 11.8 Å². The number of nitrogens with one attached hydrogen (secondary N) is 3. The first-order valence-corrected chi connectivity index (χ1v) is 10.1. The van der Waals surface area contributed by atoms with E-state index in [0.29, 0.717) is 22.5 Å². The van der Waals surface area contributed by atoms with Gasteiger partial charge in [0.15, 0.2) is 5.11 Å². The van der Waals surface area contributed by atoms with Gasteiger partial charge < -0.3 is 10.6 Å². The topological polar surface area (TPSA) is 70.2 Å². The molecule has 0 spiro atoms. The van der Waals surface area contributed by atoms with Gasteiger partial charge in [-0.15, -0.1) is 0 Å². The smallest absolute Gasteiger partial charge is 0.257 e. The molecule has 9 heteroatoms. The van der Waals surface area contributed by atoms with E-state index in [1.165, 1.54) is 18.2 Å². The fourth-order valence-electron chi connectivity index (χ4n) is 2.45. The normalized spacial score (nSPS) is 10.2. The number of benzene rings is 3. The Morgan fingerprint density at radius 2 is 1.57 bits per heavy atom. The number of halogens is 3. The molecule has 0 aliphatic rings. The number of hydrogen-bond acceptors (Lipinski definition) is 3. The van der Waals surface area contributed by atoms with Crippen LogP contribution in [0.3, 0.4) is 0 Å². The maximum atomic E-state index is 13.3. The van der Waals surface area contributed by atoms with E-state index >= 15 is 0 Å². The number of rotatable bonds is 4. The number of thiocarbonyl (C=S) groups is 1. The summed E-state index contributed by atoms with van der Waals surface area (Å²) in [4.78, 5) is 24.7. The molecule has 30 heavy (non-hydrogen) atoms. The minimum absolute atomic E-state index is 0.0879. The standard InChI is InChI=1S/C21H14BrClFN3O2S/c22-14-6-4-12(5-7-14)19(28)27-21(30)26-15-3-1-2-13(10-15)20(29)25-16-8-9-18(24)17(23)11-16/h1-11H,(H,25,29)(H2,26,27,28,30). The molecule has 152 valence electrons. The van der Waals surface area contributed by atoms with Crippen LogP contribution in [0.2, 0.25) is 5.02 Å². The summed E-state index contributed by atoms with van der Waals surface area (Å²) in [5.74, 6) is -1.34. The monoisotopic (exact) mass is 505 g/mol. The van der Waals surface area contributed by atoms with Crippen LogP contribution in [0.25, 0.3) is 0 Å². The third kappa shape index (κ3) is 5.85. The van der Waals surface area contributed by atoms with Crippen LogP contribution >= 0.6 is 39.7 Å². The van der Waals surface area contributed by atoms with E-state index < -0.39 is 11.7 Å². The van der Waals surface area contributed by atoms with Gasteiger partial charge >= 0.3 is 0 Å². The van der Waals surface area contributed by atoms with Gasteiger partial charge in [-0.2, -0.15) is 0 Å². The molecule has 0 atom stereocenters. The second-order valence-corrected chi connectivity index (χ2v) is 7.81. The summed E-state index contributed by atoms with van der Waals surface area (Å²) in [6.07, 6.45) is 0. The molecule has 3 N–H and O–H groups in total. The summed E-state index contributed by atoms with van der Waals surface area (Å²) in [5, 5.41) is 8.09. The fraction of sp³-hybridized carbons (Fsp3) is 0. The number of amides is 2. The van der Waals surface area contributed by atoms with Gasteiger partial charge in [0, 0.05) is 27.0 Å². The molecule has 2 amide bonds. The first kappa shape index (κ1) is 21.9. The van der Waals surface area contributed by atoms with Crippen molar-refractivity contribution < 1.29 is 14.0 Å². The molecule has 0 aromatic heterocycles. The molecule has 0 heterocycles. The van der Waals surface area contributed by atoms with Crippen molar-refractivity contribution in [2.24, 2.45) is 0 Å². The van der Waals surface area contributed by atoms with E-state index in [2.05, 4.69) is 31.9 Å². The van der Waals surface area contributed by atoms with Crippen molar-refractivity contribution in [2.45, 2.75) is 0 Å². The Labute approximate surface area is 190 Å². The first-order valence-electron chi connectivity index (χ1n) is 8.56. The summed E-state index contributed by atoms with van der Waals surface area (Å²) in [5.41, 5.74) is 1.67. The Kier molecular flexibility index (Phi) is 7.15. The Morgan fingerprint density at radius 1 is 0.867 bits per heavy atom. The van der Waals surface area contributed by atoms with E-state index in [0.717, 1.165) is 4.47 Å². The number of hydrogen-bond donors (Lipinski definition) is 3. The highest BCUT2D eigenvalue weighted by Crippen LogP contribution is 2.20. The average molecular weight is 507 g/mol. The minimum atomic E-state index is -0.570. The molecule has 0 fully saturated rings. The van der Waals surface area contributed by atoms with Crippen molar-refractivity contribution in [1.82, 2.24) is 5.32 Å². The lowest BCUT2D eigenvalue weighted by Crippen LogP contribution is -2.34. The maximum Gasteiger partial charge on any atom is 0.257 e. The van der Waals surface area contributed by atoms with E-state index in [1.54, 1.807) is 48.5 Å². The Morgan fingerprint density at radius 3 is 2.27 bits per heavy atom. The average Bonchev–Trinajstić information content (AvgIpc) is 2.71. The lowest BCUT2D eigenvalue weighted by molar-refractivity contribution is 0.0976. The van der Waals surface area contributed by atoms with Gasteiger partial charge in [-0.3, -0.25) is 14.9 Å². The van der Waals surface area contributed by atoms with Crippen LogP contribution in [0.5, 0.6) is 0 Å². The number of carbonyl (C=O) groups is 2. The zero-order valence-corrected chi connectivity index (χ0v) is 18.4. The summed E-state index contributed by atoms with van der Waals surface area (Å²) in [7, 11) is 0. The first-order chi connectivity index (χ1) is 14.3. The quantitative estimate of drug-likeness (QED) is 0.402. The predicted octanol–water partition coefficient (Wildman–Crippen LogP) is 5.62. The molecular weight excluding hydrogens is 493 g/mol. The summed E-state index contributed by atoms with van der Waals surface area (Å²) >= 11 is 14.2. The number of anilines is 2. The van der Waals surface area contributed by atoms with Crippen molar-refractivity contribution >= 4 is 68.1 Å². The third-order valence-corrected chi connectivity index (χ3v) is 4.92. The highest BCUT2D eigenvalue weighted by Gasteiger charge is 2.11. The van der Waals surface area contributed by atoms with Gasteiger partial charge in [-0.1, -0.05) is 33.6 Å². The third-order valence-electron chi connectivity index (χ3n) is 3.89. The van der Waals surface area contributed by atoms with Crippen LogP contribution < -0.4 is 16.0 Å². The molecule has 0 aliphatic carbocycles. The van der Waals surface area contributed by atoms with Crippen molar-refractivity contribution in [3.63, 3.8) is 0 Å². The van der Waals surface area contributed by atoms with Gasteiger partial charge in [0.05, 0.1) is 5.02 Å². The molecule has 5 nitrogen and oxygen atoms in total. The van der Waals surface area contributed by atoms with Gasteiger partial charge in [-0.25, -0.2) is 4.39 Å². The summed E-state index contributed by atoms with van der Waals surface area (Å²) in [6, 6.07) is 17.3. The molecule has 3 aromatic rings. The minimum Gasteiger partial charge on any atom is -0.332 e. The van der Waals surface area contributed by atoms with Crippen LogP contribution in [0.4, 0.5) is 15.8 Å². The molecular formula is C21H14BrClFN3O2S. The molecule has 0 radical (unpaired) electrons. The maximum absolute atomic E-state index is 13.3. The van der Waals surface area contributed by atoms with Gasteiger partial charge in [-0.05, 0) is 72.9 Å². The summed E-state index contributed by atoms with van der Waals surface area (Å²) < 4.78 is 14.1. The lowest BCUT2D eigenvalue weighted by Gasteiger charge is -2.11. The zero-order valence-electron chi connectivity index (χ0n) is 15.2. The second-order valence-electron chi connectivity index (χ2n) is 6.08. The van der Waals surface area contributed by atoms with Crippen LogP contribution in [0.15, 0.2) is 71.2 Å². The van der Waals surface area contributed by atoms with E-state index in [1.807, 2.05) is 0 Å². The fourth-order valence-corrected chi connectivity index (χ4v) is 3.11. The van der Waals surface area contributed by atoms with Crippen LogP contribution in [0, 0.1) is 5.82 Å². The van der Waals surface area contributed by atoms with E-state index in [4.69, 9.17) is 23.8 Å². The molecule has 0 saturated carbocycles. The second kappa shape index (κ2) is 9.80. The van der Waals surface area contributed by atoms with Crippen LogP contribution in [-0.2, 0) is 0 Å². The Balaban J connectivity index is 1.63. The van der Waals surface area contributed by atoms with Crippen molar-refractivity contribution in [1.29, 1.82) is 0 Å².